The van der Waals surface area contributed by atoms with Crippen LogP contribution in [0, 0.1) is 5.92 Å². The standard InChI is InChI=1S/C14H18F3N/c15-14(16,17)13-6-2-1-5-12(13)8-7-11-4-3-9-18-10-11/h1-2,5-6,11,18H,3-4,7-10H2/t11-/m1/s1. The zero-order chi connectivity index (χ0) is 13.0. The third kappa shape index (κ3) is 3.48. The fraction of sp³-hybridized carbons (Fsp3) is 0.571. The number of nitrogens with one attached hydrogen (secondary N) is 1. The number of alkyl halides is 3. The quantitative estimate of drug-likeness (QED) is 0.871. The van der Waals surface area contributed by atoms with Crippen molar-refractivity contribution in [1.29, 1.82) is 0 Å². The Kier molecular flexibility index (Phi) is 4.27. The molecule has 1 N–H and O–H groups in total. The topological polar surface area (TPSA) is 12.0 Å². The van der Waals surface area contributed by atoms with Gasteiger partial charge in [-0.2, -0.15) is 13.2 Å². The van der Waals surface area contributed by atoms with E-state index < -0.39 is 11.7 Å². The Morgan fingerprint density at radius 1 is 1.22 bits per heavy atom. The predicted octanol–water partition coefficient (Wildman–Crippen LogP) is 3.64. The van der Waals surface area contributed by atoms with Gasteiger partial charge in [-0.3, -0.25) is 0 Å². The normalized spacial score (nSPS) is 20.9. The second-order valence-electron chi connectivity index (χ2n) is 4.91. The molecule has 1 nitrogen and oxygen atoms in total. The first-order valence-electron chi connectivity index (χ1n) is 6.43. The Bertz CT molecular complexity index is 381. The summed E-state index contributed by atoms with van der Waals surface area (Å²) in [7, 11) is 0. The van der Waals surface area contributed by atoms with E-state index in [1.54, 1.807) is 12.1 Å². The van der Waals surface area contributed by atoms with Gasteiger partial charge in [-0.15, -0.1) is 0 Å². The Balaban J connectivity index is 2.00. The van der Waals surface area contributed by atoms with Gasteiger partial charge < -0.3 is 5.32 Å². The summed E-state index contributed by atoms with van der Waals surface area (Å²) in [5.41, 5.74) is -0.0515. The maximum Gasteiger partial charge on any atom is 0.416 e. The van der Waals surface area contributed by atoms with Crippen molar-refractivity contribution in [2.24, 2.45) is 5.92 Å². The minimum absolute atomic E-state index is 0.426. The highest BCUT2D eigenvalue weighted by Crippen LogP contribution is 2.33. The summed E-state index contributed by atoms with van der Waals surface area (Å²) in [5, 5.41) is 3.29. The Labute approximate surface area is 105 Å². The van der Waals surface area contributed by atoms with Crippen molar-refractivity contribution in [3.63, 3.8) is 0 Å². The van der Waals surface area contributed by atoms with Gasteiger partial charge in [0.25, 0.3) is 0 Å². The van der Waals surface area contributed by atoms with Gasteiger partial charge in [0.05, 0.1) is 5.56 Å². The van der Waals surface area contributed by atoms with E-state index in [0.29, 0.717) is 17.9 Å². The summed E-state index contributed by atoms with van der Waals surface area (Å²) in [6.45, 7) is 1.98. The highest BCUT2D eigenvalue weighted by atomic mass is 19.4. The Hall–Kier alpha value is -1.03. The molecule has 0 bridgehead atoms. The summed E-state index contributed by atoms with van der Waals surface area (Å²) in [6.07, 6.45) is -0.629. The van der Waals surface area contributed by atoms with Crippen molar-refractivity contribution in [2.75, 3.05) is 13.1 Å². The van der Waals surface area contributed by atoms with Crippen molar-refractivity contribution in [1.82, 2.24) is 5.32 Å². The SMILES string of the molecule is FC(F)(F)c1ccccc1CC[C@H]1CCCNC1. The Morgan fingerprint density at radius 2 is 2.00 bits per heavy atom. The third-order valence-corrected chi connectivity index (χ3v) is 3.54. The summed E-state index contributed by atoms with van der Waals surface area (Å²) in [5.74, 6) is 0.514. The molecule has 0 saturated carbocycles. The van der Waals surface area contributed by atoms with Gasteiger partial charge in [0.15, 0.2) is 0 Å². The van der Waals surface area contributed by atoms with Crippen molar-refractivity contribution >= 4 is 0 Å². The lowest BCUT2D eigenvalue weighted by Gasteiger charge is -2.23. The summed E-state index contributed by atoms with van der Waals surface area (Å²) in [6, 6.07) is 5.91. The molecule has 1 atom stereocenters. The van der Waals surface area contributed by atoms with Gasteiger partial charge in [0, 0.05) is 0 Å². The van der Waals surface area contributed by atoms with Gasteiger partial charge in [-0.05, 0) is 56.3 Å². The fourth-order valence-electron chi connectivity index (χ4n) is 2.54. The van der Waals surface area contributed by atoms with E-state index in [-0.39, 0.29) is 0 Å². The van der Waals surface area contributed by atoms with Crippen LogP contribution in [0.5, 0.6) is 0 Å². The number of benzene rings is 1. The first-order valence-corrected chi connectivity index (χ1v) is 6.43. The molecule has 1 aliphatic heterocycles. The number of piperidine rings is 1. The lowest BCUT2D eigenvalue weighted by molar-refractivity contribution is -0.138. The zero-order valence-electron chi connectivity index (χ0n) is 10.3. The van der Waals surface area contributed by atoms with Gasteiger partial charge in [0.2, 0.25) is 0 Å². The molecule has 1 heterocycles. The maximum absolute atomic E-state index is 12.8. The molecular weight excluding hydrogens is 239 g/mol. The van der Waals surface area contributed by atoms with Crippen LogP contribution < -0.4 is 5.32 Å². The molecule has 1 aromatic carbocycles. The molecule has 0 radical (unpaired) electrons. The molecule has 4 heteroatoms. The van der Waals surface area contributed by atoms with Gasteiger partial charge in [0.1, 0.15) is 0 Å². The second-order valence-corrected chi connectivity index (χ2v) is 4.91. The molecule has 0 aromatic heterocycles. The first-order chi connectivity index (χ1) is 8.57. The largest absolute Gasteiger partial charge is 0.416 e. The molecule has 0 unspecified atom stereocenters. The highest BCUT2D eigenvalue weighted by Gasteiger charge is 2.32. The van der Waals surface area contributed by atoms with Crippen molar-refractivity contribution in [2.45, 2.75) is 31.9 Å². The summed E-state index contributed by atoms with van der Waals surface area (Å²) < 4.78 is 38.4. The van der Waals surface area contributed by atoms with Crippen LogP contribution in [0.3, 0.4) is 0 Å². The number of rotatable bonds is 3. The molecule has 1 fully saturated rings. The fourth-order valence-corrected chi connectivity index (χ4v) is 2.54. The lowest BCUT2D eigenvalue weighted by Crippen LogP contribution is -2.30. The van der Waals surface area contributed by atoms with E-state index in [0.717, 1.165) is 32.4 Å². The van der Waals surface area contributed by atoms with E-state index in [1.165, 1.54) is 12.1 Å². The highest BCUT2D eigenvalue weighted by molar-refractivity contribution is 5.29. The number of hydrogen-bond donors (Lipinski definition) is 1. The van der Waals surface area contributed by atoms with Crippen molar-refractivity contribution in [3.8, 4) is 0 Å². The Morgan fingerprint density at radius 3 is 2.67 bits per heavy atom. The first kappa shape index (κ1) is 13.4. The van der Waals surface area contributed by atoms with Gasteiger partial charge in [-0.1, -0.05) is 18.2 Å². The van der Waals surface area contributed by atoms with Crippen LogP contribution in [0.25, 0.3) is 0 Å². The van der Waals surface area contributed by atoms with Crippen LogP contribution in [-0.4, -0.2) is 13.1 Å². The minimum atomic E-state index is -4.23. The van der Waals surface area contributed by atoms with Crippen molar-refractivity contribution in [3.05, 3.63) is 35.4 Å². The summed E-state index contributed by atoms with van der Waals surface area (Å²) in [4.78, 5) is 0. The second kappa shape index (κ2) is 5.74. The van der Waals surface area contributed by atoms with Crippen LogP contribution in [0.15, 0.2) is 24.3 Å². The molecule has 1 saturated heterocycles. The predicted molar refractivity (Wildman–Crippen MR) is 65.4 cm³/mol. The zero-order valence-corrected chi connectivity index (χ0v) is 10.3. The molecule has 18 heavy (non-hydrogen) atoms. The smallest absolute Gasteiger partial charge is 0.316 e. The molecule has 0 amide bonds. The summed E-state index contributed by atoms with van der Waals surface area (Å²) >= 11 is 0. The van der Waals surface area contributed by atoms with Crippen LogP contribution >= 0.6 is 0 Å². The number of hydrogen-bond acceptors (Lipinski definition) is 1. The van der Waals surface area contributed by atoms with Crippen molar-refractivity contribution < 1.29 is 13.2 Å². The maximum atomic E-state index is 12.8. The van der Waals surface area contributed by atoms with Crippen LogP contribution in [0.1, 0.15) is 30.4 Å². The monoisotopic (exact) mass is 257 g/mol. The molecule has 1 aromatic rings. The van der Waals surface area contributed by atoms with E-state index in [4.69, 9.17) is 0 Å². The van der Waals surface area contributed by atoms with Crippen LogP contribution in [-0.2, 0) is 12.6 Å². The third-order valence-electron chi connectivity index (χ3n) is 3.54. The molecule has 100 valence electrons. The molecule has 2 rings (SSSR count). The molecule has 0 spiro atoms. The van der Waals surface area contributed by atoms with Crippen LogP contribution in [0.2, 0.25) is 0 Å². The van der Waals surface area contributed by atoms with E-state index >= 15 is 0 Å². The minimum Gasteiger partial charge on any atom is -0.316 e. The molecule has 1 aliphatic rings. The average molecular weight is 257 g/mol. The van der Waals surface area contributed by atoms with E-state index in [2.05, 4.69) is 5.32 Å². The number of aryl methyl sites for hydroxylation is 1. The van der Waals surface area contributed by atoms with E-state index in [9.17, 15) is 13.2 Å². The molecular formula is C14H18F3N. The van der Waals surface area contributed by atoms with Gasteiger partial charge in [-0.25, -0.2) is 0 Å². The number of halogens is 3. The van der Waals surface area contributed by atoms with Gasteiger partial charge >= 0.3 is 6.18 Å². The van der Waals surface area contributed by atoms with E-state index in [1.807, 2.05) is 0 Å². The lowest BCUT2D eigenvalue weighted by atomic mass is 9.91. The average Bonchev–Trinajstić information content (AvgIpc) is 2.37. The van der Waals surface area contributed by atoms with Crippen LogP contribution in [0.4, 0.5) is 13.2 Å². The molecule has 0 aliphatic carbocycles.